The summed E-state index contributed by atoms with van der Waals surface area (Å²) >= 11 is 0. The van der Waals surface area contributed by atoms with Crippen LogP contribution in [0.3, 0.4) is 0 Å². The SMILES string of the molecule is CCC(C)OC(=O)Oc1ccc(F)c(C(F)(F)F)c1. The average molecular weight is 280 g/mol. The summed E-state index contributed by atoms with van der Waals surface area (Å²) in [5.41, 5.74) is -1.50. The molecule has 0 saturated heterocycles. The quantitative estimate of drug-likeness (QED) is 0.474. The number of rotatable bonds is 3. The minimum atomic E-state index is -4.86. The van der Waals surface area contributed by atoms with Crippen molar-refractivity contribution in [2.45, 2.75) is 32.5 Å². The fraction of sp³-hybridized carbons (Fsp3) is 0.417. The van der Waals surface area contributed by atoms with Crippen molar-refractivity contribution in [1.29, 1.82) is 0 Å². The Hall–Kier alpha value is -1.79. The smallest absolute Gasteiger partial charge is 0.431 e. The molecule has 0 aliphatic carbocycles. The van der Waals surface area contributed by atoms with Gasteiger partial charge in [0.2, 0.25) is 0 Å². The first kappa shape index (κ1) is 15.3. The zero-order chi connectivity index (χ0) is 14.6. The third kappa shape index (κ3) is 4.42. The Labute approximate surface area is 107 Å². The number of benzene rings is 1. The first-order valence-corrected chi connectivity index (χ1v) is 5.49. The summed E-state index contributed by atoms with van der Waals surface area (Å²) in [6.07, 6.45) is -5.87. The molecule has 106 valence electrons. The highest BCUT2D eigenvalue weighted by Crippen LogP contribution is 2.33. The fourth-order valence-electron chi connectivity index (χ4n) is 1.15. The van der Waals surface area contributed by atoms with Gasteiger partial charge in [-0.2, -0.15) is 13.2 Å². The molecule has 1 aromatic carbocycles. The van der Waals surface area contributed by atoms with Crippen molar-refractivity contribution in [2.75, 3.05) is 0 Å². The maximum atomic E-state index is 13.0. The molecular weight excluding hydrogens is 268 g/mol. The topological polar surface area (TPSA) is 35.5 Å². The third-order valence-electron chi connectivity index (χ3n) is 2.32. The Kier molecular flexibility index (Phi) is 4.74. The molecule has 3 nitrogen and oxygen atoms in total. The lowest BCUT2D eigenvalue weighted by Crippen LogP contribution is -2.18. The molecule has 1 atom stereocenters. The summed E-state index contributed by atoms with van der Waals surface area (Å²) in [4.78, 5) is 11.2. The lowest BCUT2D eigenvalue weighted by atomic mass is 10.2. The van der Waals surface area contributed by atoms with Crippen LogP contribution in [0.15, 0.2) is 18.2 Å². The van der Waals surface area contributed by atoms with Crippen LogP contribution in [0.2, 0.25) is 0 Å². The van der Waals surface area contributed by atoms with E-state index < -0.39 is 35.6 Å². The van der Waals surface area contributed by atoms with Crippen LogP contribution in [0, 0.1) is 5.82 Å². The number of ether oxygens (including phenoxy) is 2. The van der Waals surface area contributed by atoms with Gasteiger partial charge in [0.15, 0.2) is 0 Å². The van der Waals surface area contributed by atoms with Gasteiger partial charge in [-0.25, -0.2) is 9.18 Å². The van der Waals surface area contributed by atoms with Crippen LogP contribution in [-0.4, -0.2) is 12.3 Å². The van der Waals surface area contributed by atoms with Crippen LogP contribution in [-0.2, 0) is 10.9 Å². The number of halogens is 4. The summed E-state index contributed by atoms with van der Waals surface area (Å²) in [5, 5.41) is 0. The van der Waals surface area contributed by atoms with Gasteiger partial charge in [0, 0.05) is 0 Å². The maximum absolute atomic E-state index is 13.0. The predicted molar refractivity (Wildman–Crippen MR) is 58.3 cm³/mol. The van der Waals surface area contributed by atoms with Crippen LogP contribution >= 0.6 is 0 Å². The summed E-state index contributed by atoms with van der Waals surface area (Å²) in [6.45, 7) is 3.37. The molecule has 1 aromatic rings. The Morgan fingerprint density at radius 3 is 2.53 bits per heavy atom. The Balaban J connectivity index is 2.83. The second-order valence-electron chi connectivity index (χ2n) is 3.83. The second kappa shape index (κ2) is 5.90. The Morgan fingerprint density at radius 1 is 1.37 bits per heavy atom. The normalized spacial score (nSPS) is 12.9. The molecule has 1 unspecified atom stereocenters. The van der Waals surface area contributed by atoms with Gasteiger partial charge in [-0.05, 0) is 31.5 Å². The van der Waals surface area contributed by atoms with E-state index in [2.05, 4.69) is 4.74 Å². The second-order valence-corrected chi connectivity index (χ2v) is 3.83. The summed E-state index contributed by atoms with van der Waals surface area (Å²) < 4.78 is 59.5. The zero-order valence-electron chi connectivity index (χ0n) is 10.3. The largest absolute Gasteiger partial charge is 0.514 e. The molecule has 0 N–H and O–H groups in total. The molecule has 0 aliphatic heterocycles. The molecule has 7 heteroatoms. The van der Waals surface area contributed by atoms with E-state index in [1.54, 1.807) is 13.8 Å². The third-order valence-corrected chi connectivity index (χ3v) is 2.32. The van der Waals surface area contributed by atoms with Crippen LogP contribution in [0.4, 0.5) is 22.4 Å². The van der Waals surface area contributed by atoms with Crippen LogP contribution in [0.25, 0.3) is 0 Å². The van der Waals surface area contributed by atoms with E-state index in [-0.39, 0.29) is 0 Å². The van der Waals surface area contributed by atoms with Gasteiger partial charge in [-0.15, -0.1) is 0 Å². The molecule has 0 fully saturated rings. The van der Waals surface area contributed by atoms with Crippen LogP contribution in [0.5, 0.6) is 5.75 Å². The van der Waals surface area contributed by atoms with Crippen LogP contribution in [0.1, 0.15) is 25.8 Å². The van der Waals surface area contributed by atoms with Crippen molar-refractivity contribution in [3.05, 3.63) is 29.6 Å². The lowest BCUT2D eigenvalue weighted by Gasteiger charge is -2.12. The fourth-order valence-corrected chi connectivity index (χ4v) is 1.15. The monoisotopic (exact) mass is 280 g/mol. The van der Waals surface area contributed by atoms with E-state index in [1.165, 1.54) is 0 Å². The van der Waals surface area contributed by atoms with Crippen molar-refractivity contribution in [2.24, 2.45) is 0 Å². The highest BCUT2D eigenvalue weighted by atomic mass is 19.4. The zero-order valence-corrected chi connectivity index (χ0v) is 10.3. The minimum absolute atomic E-state index is 0.410. The minimum Gasteiger partial charge on any atom is -0.431 e. The number of carbonyl (C=O) groups is 1. The molecule has 0 bridgehead atoms. The number of carbonyl (C=O) groups excluding carboxylic acids is 1. The van der Waals surface area contributed by atoms with E-state index in [4.69, 9.17) is 4.74 Å². The summed E-state index contributed by atoms with van der Waals surface area (Å²) in [5.74, 6) is -1.86. The molecule has 0 radical (unpaired) electrons. The van der Waals surface area contributed by atoms with Gasteiger partial charge < -0.3 is 9.47 Å². The number of hydrogen-bond acceptors (Lipinski definition) is 3. The van der Waals surface area contributed by atoms with Gasteiger partial charge >= 0.3 is 12.3 Å². The Morgan fingerprint density at radius 2 is 2.00 bits per heavy atom. The first-order chi connectivity index (χ1) is 8.74. The van der Waals surface area contributed by atoms with E-state index >= 15 is 0 Å². The predicted octanol–water partition coefficient (Wildman–Crippen LogP) is 4.16. The molecule has 19 heavy (non-hydrogen) atoms. The molecule has 0 aliphatic rings. The van der Waals surface area contributed by atoms with Gasteiger partial charge in [-0.1, -0.05) is 6.92 Å². The van der Waals surface area contributed by atoms with E-state index in [0.717, 1.165) is 6.07 Å². The van der Waals surface area contributed by atoms with E-state index in [1.807, 2.05) is 0 Å². The lowest BCUT2D eigenvalue weighted by molar-refractivity contribution is -0.140. The van der Waals surface area contributed by atoms with Crippen molar-refractivity contribution in [3.8, 4) is 5.75 Å². The van der Waals surface area contributed by atoms with Crippen LogP contribution < -0.4 is 4.74 Å². The van der Waals surface area contributed by atoms with E-state index in [0.29, 0.717) is 18.6 Å². The summed E-state index contributed by atoms with van der Waals surface area (Å²) in [6, 6.07) is 1.91. The number of alkyl halides is 3. The highest BCUT2D eigenvalue weighted by Gasteiger charge is 2.34. The molecule has 0 aromatic heterocycles. The van der Waals surface area contributed by atoms with Gasteiger partial charge in [0.05, 0.1) is 5.56 Å². The molecule has 0 amide bonds. The summed E-state index contributed by atoms with van der Waals surface area (Å²) in [7, 11) is 0. The van der Waals surface area contributed by atoms with Crippen molar-refractivity contribution < 1.29 is 31.8 Å². The Bertz CT molecular complexity index is 457. The molecule has 0 heterocycles. The first-order valence-electron chi connectivity index (χ1n) is 5.49. The van der Waals surface area contributed by atoms with Gasteiger partial charge in [0.25, 0.3) is 0 Å². The molecule has 1 rings (SSSR count). The molecule has 0 saturated carbocycles. The van der Waals surface area contributed by atoms with Crippen molar-refractivity contribution in [1.82, 2.24) is 0 Å². The van der Waals surface area contributed by atoms with Gasteiger partial charge in [-0.3, -0.25) is 0 Å². The highest BCUT2D eigenvalue weighted by molar-refractivity contribution is 5.64. The van der Waals surface area contributed by atoms with E-state index in [9.17, 15) is 22.4 Å². The van der Waals surface area contributed by atoms with Crippen molar-refractivity contribution >= 4 is 6.16 Å². The number of hydrogen-bond donors (Lipinski definition) is 0. The van der Waals surface area contributed by atoms with Gasteiger partial charge in [0.1, 0.15) is 17.7 Å². The molecular formula is C12H12F4O3. The average Bonchev–Trinajstić information content (AvgIpc) is 2.29. The van der Waals surface area contributed by atoms with Crippen molar-refractivity contribution in [3.63, 3.8) is 0 Å². The molecule has 0 spiro atoms. The maximum Gasteiger partial charge on any atom is 0.514 e. The standard InChI is InChI=1S/C12H12F4O3/c1-3-7(2)18-11(17)19-8-4-5-10(13)9(6-8)12(14,15)16/h4-7H,3H2,1-2H3.